The number of primary amides is 2. The van der Waals surface area contributed by atoms with Crippen molar-refractivity contribution in [1.29, 1.82) is 0 Å². The number of likely N-dealkylation sites (tertiary alicyclic amines) is 1. The number of nitrogens with one attached hydrogen (secondary N) is 2. The van der Waals surface area contributed by atoms with Gasteiger partial charge in [0, 0.05) is 19.1 Å². The summed E-state index contributed by atoms with van der Waals surface area (Å²) in [6.45, 7) is 2.07. The molecular formula is C16H23N5O3. The van der Waals surface area contributed by atoms with Crippen LogP contribution < -0.4 is 16.8 Å². The van der Waals surface area contributed by atoms with Gasteiger partial charge in [-0.2, -0.15) is 0 Å². The number of H-pyrrole nitrogens is 1. The zero-order valence-electron chi connectivity index (χ0n) is 13.5. The standard InChI is InChI=1S/C16H23N5O3/c17-14(22)8-21-6-9-1-2-11(5-10(9)7-21)19-16(24)13-4-3-12(20-13)15(18)23/h3-4,9-11,20H,1-2,5-8H2,(H2,17,22)(H2,18,23)(H,19,24). The van der Waals surface area contributed by atoms with Crippen molar-refractivity contribution in [1.82, 2.24) is 15.2 Å². The fraction of sp³-hybridized carbons (Fsp3) is 0.562. The maximum Gasteiger partial charge on any atom is 0.267 e. The third-order valence-electron chi connectivity index (χ3n) is 5.04. The van der Waals surface area contributed by atoms with Crippen LogP contribution in [0.15, 0.2) is 12.1 Å². The Labute approximate surface area is 139 Å². The van der Waals surface area contributed by atoms with Crippen molar-refractivity contribution >= 4 is 17.7 Å². The fourth-order valence-electron chi connectivity index (χ4n) is 3.94. The number of carbonyl (C=O) groups excluding carboxylic acids is 3. The molecule has 8 heteroatoms. The highest BCUT2D eigenvalue weighted by molar-refractivity contribution is 5.96. The molecule has 1 saturated carbocycles. The fourth-order valence-corrected chi connectivity index (χ4v) is 3.94. The van der Waals surface area contributed by atoms with E-state index in [9.17, 15) is 14.4 Å². The third kappa shape index (κ3) is 3.59. The van der Waals surface area contributed by atoms with Gasteiger partial charge in [0.15, 0.2) is 0 Å². The van der Waals surface area contributed by atoms with E-state index in [2.05, 4.69) is 15.2 Å². The van der Waals surface area contributed by atoms with Crippen molar-refractivity contribution in [2.24, 2.45) is 23.3 Å². The SMILES string of the molecule is NC(=O)CN1CC2CCC(NC(=O)c3ccc(C(N)=O)[nH]3)CC2C1. The first-order valence-electron chi connectivity index (χ1n) is 8.22. The summed E-state index contributed by atoms with van der Waals surface area (Å²) in [6.07, 6.45) is 2.85. The van der Waals surface area contributed by atoms with Crippen LogP contribution in [0.2, 0.25) is 0 Å². The van der Waals surface area contributed by atoms with Gasteiger partial charge in [0.2, 0.25) is 5.91 Å². The summed E-state index contributed by atoms with van der Waals surface area (Å²) >= 11 is 0. The Bertz CT molecular complexity index is 656. The predicted molar refractivity (Wildman–Crippen MR) is 87.0 cm³/mol. The van der Waals surface area contributed by atoms with Crippen LogP contribution in [0.1, 0.15) is 40.2 Å². The summed E-state index contributed by atoms with van der Waals surface area (Å²) in [5.41, 5.74) is 11.0. The Morgan fingerprint density at radius 2 is 1.83 bits per heavy atom. The molecule has 1 saturated heterocycles. The van der Waals surface area contributed by atoms with Gasteiger partial charge in [-0.3, -0.25) is 19.3 Å². The molecule has 2 fully saturated rings. The van der Waals surface area contributed by atoms with E-state index in [0.29, 0.717) is 24.1 Å². The average molecular weight is 333 g/mol. The molecule has 3 unspecified atom stereocenters. The topological polar surface area (TPSA) is 134 Å². The third-order valence-corrected chi connectivity index (χ3v) is 5.04. The Kier molecular flexibility index (Phi) is 4.57. The number of amides is 3. The molecule has 1 aliphatic carbocycles. The molecule has 130 valence electrons. The summed E-state index contributed by atoms with van der Waals surface area (Å²) in [5.74, 6) is -0.0545. The maximum atomic E-state index is 12.3. The molecule has 1 aromatic heterocycles. The Morgan fingerprint density at radius 3 is 2.50 bits per heavy atom. The van der Waals surface area contributed by atoms with Crippen LogP contribution in [0.5, 0.6) is 0 Å². The molecule has 1 aromatic rings. The molecule has 3 atom stereocenters. The molecule has 3 amide bonds. The van der Waals surface area contributed by atoms with Crippen molar-refractivity contribution in [2.75, 3.05) is 19.6 Å². The Balaban J connectivity index is 1.54. The van der Waals surface area contributed by atoms with Gasteiger partial charge in [0.25, 0.3) is 11.8 Å². The molecule has 0 radical (unpaired) electrons. The van der Waals surface area contributed by atoms with E-state index in [1.165, 1.54) is 6.07 Å². The van der Waals surface area contributed by atoms with E-state index in [0.717, 1.165) is 32.4 Å². The maximum absolute atomic E-state index is 12.3. The van der Waals surface area contributed by atoms with E-state index < -0.39 is 5.91 Å². The highest BCUT2D eigenvalue weighted by Gasteiger charge is 2.38. The van der Waals surface area contributed by atoms with E-state index in [4.69, 9.17) is 11.5 Å². The first-order chi connectivity index (χ1) is 11.4. The second kappa shape index (κ2) is 6.64. The highest BCUT2D eigenvalue weighted by Crippen LogP contribution is 2.36. The largest absolute Gasteiger partial charge is 0.369 e. The summed E-state index contributed by atoms with van der Waals surface area (Å²) in [7, 11) is 0. The number of aromatic nitrogens is 1. The first kappa shape index (κ1) is 16.5. The number of nitrogens with zero attached hydrogens (tertiary/aromatic N) is 1. The van der Waals surface area contributed by atoms with E-state index >= 15 is 0 Å². The average Bonchev–Trinajstić information content (AvgIpc) is 3.12. The van der Waals surface area contributed by atoms with Crippen molar-refractivity contribution in [3.63, 3.8) is 0 Å². The quantitative estimate of drug-likeness (QED) is 0.574. The monoisotopic (exact) mass is 333 g/mol. The smallest absolute Gasteiger partial charge is 0.267 e. The van der Waals surface area contributed by atoms with Gasteiger partial charge in [-0.05, 0) is 43.2 Å². The number of fused-ring (bicyclic) bond motifs is 1. The molecule has 6 N–H and O–H groups in total. The van der Waals surface area contributed by atoms with E-state index in [1.807, 2.05) is 0 Å². The molecule has 3 rings (SSSR count). The summed E-state index contributed by atoms with van der Waals surface area (Å²) in [5, 5.41) is 3.02. The number of rotatable bonds is 5. The van der Waals surface area contributed by atoms with Crippen LogP contribution in [0.25, 0.3) is 0 Å². The van der Waals surface area contributed by atoms with Crippen LogP contribution in [0.4, 0.5) is 0 Å². The van der Waals surface area contributed by atoms with Crippen LogP contribution in [0, 0.1) is 11.8 Å². The van der Waals surface area contributed by atoms with Gasteiger partial charge in [-0.15, -0.1) is 0 Å². The number of carbonyl (C=O) groups is 3. The molecule has 24 heavy (non-hydrogen) atoms. The van der Waals surface area contributed by atoms with Crippen molar-refractivity contribution in [2.45, 2.75) is 25.3 Å². The lowest BCUT2D eigenvalue weighted by Crippen LogP contribution is -2.40. The zero-order chi connectivity index (χ0) is 17.3. The van der Waals surface area contributed by atoms with Crippen LogP contribution in [0.3, 0.4) is 0 Å². The van der Waals surface area contributed by atoms with Crippen LogP contribution >= 0.6 is 0 Å². The highest BCUT2D eigenvalue weighted by atomic mass is 16.2. The minimum atomic E-state index is -0.588. The molecule has 8 nitrogen and oxygen atoms in total. The predicted octanol–water partition coefficient (Wildman–Crippen LogP) is -0.571. The van der Waals surface area contributed by atoms with Crippen molar-refractivity contribution in [3.05, 3.63) is 23.5 Å². The van der Waals surface area contributed by atoms with Gasteiger partial charge in [-0.1, -0.05) is 0 Å². The second-order valence-electron chi connectivity index (χ2n) is 6.81. The number of hydrogen-bond acceptors (Lipinski definition) is 4. The van der Waals surface area contributed by atoms with Crippen LogP contribution in [-0.4, -0.2) is 53.3 Å². The van der Waals surface area contributed by atoms with E-state index in [-0.39, 0.29) is 23.6 Å². The Hall–Kier alpha value is -2.35. The number of hydrogen-bond donors (Lipinski definition) is 4. The Morgan fingerprint density at radius 1 is 1.12 bits per heavy atom. The van der Waals surface area contributed by atoms with Gasteiger partial charge < -0.3 is 21.8 Å². The number of nitrogens with two attached hydrogens (primary N) is 2. The molecule has 1 aliphatic heterocycles. The van der Waals surface area contributed by atoms with Gasteiger partial charge in [-0.25, -0.2) is 0 Å². The molecule has 0 aromatic carbocycles. The molecular weight excluding hydrogens is 310 g/mol. The van der Waals surface area contributed by atoms with Crippen molar-refractivity contribution < 1.29 is 14.4 Å². The second-order valence-corrected chi connectivity index (χ2v) is 6.81. The summed E-state index contributed by atoms with van der Waals surface area (Å²) < 4.78 is 0. The van der Waals surface area contributed by atoms with E-state index in [1.54, 1.807) is 6.07 Å². The van der Waals surface area contributed by atoms with Gasteiger partial charge >= 0.3 is 0 Å². The van der Waals surface area contributed by atoms with Gasteiger partial charge in [0.05, 0.1) is 6.54 Å². The van der Waals surface area contributed by atoms with Crippen molar-refractivity contribution in [3.8, 4) is 0 Å². The van der Waals surface area contributed by atoms with Gasteiger partial charge in [0.1, 0.15) is 11.4 Å². The molecule has 2 heterocycles. The lowest BCUT2D eigenvalue weighted by atomic mass is 9.79. The first-order valence-corrected chi connectivity index (χ1v) is 8.22. The summed E-state index contributed by atoms with van der Waals surface area (Å²) in [6, 6.07) is 3.17. The number of aromatic amines is 1. The molecule has 0 spiro atoms. The molecule has 2 aliphatic rings. The minimum absolute atomic E-state index is 0.104. The van der Waals surface area contributed by atoms with Crippen LogP contribution in [-0.2, 0) is 4.79 Å². The minimum Gasteiger partial charge on any atom is -0.369 e. The normalized spacial score (nSPS) is 26.8. The summed E-state index contributed by atoms with van der Waals surface area (Å²) in [4.78, 5) is 39.3. The molecule has 0 bridgehead atoms. The lowest BCUT2D eigenvalue weighted by molar-refractivity contribution is -0.118. The lowest BCUT2D eigenvalue weighted by Gasteiger charge is -2.31. The zero-order valence-corrected chi connectivity index (χ0v) is 13.5.